The van der Waals surface area contributed by atoms with Gasteiger partial charge in [0, 0.05) is 37.0 Å². The van der Waals surface area contributed by atoms with Gasteiger partial charge in [0.15, 0.2) is 5.75 Å². The van der Waals surface area contributed by atoms with Crippen molar-refractivity contribution in [3.63, 3.8) is 0 Å². The van der Waals surface area contributed by atoms with Crippen LogP contribution in [0.1, 0.15) is 31.6 Å². The van der Waals surface area contributed by atoms with Gasteiger partial charge in [0.2, 0.25) is 10.0 Å². The Morgan fingerprint density at radius 1 is 1.21 bits per heavy atom. The van der Waals surface area contributed by atoms with E-state index in [4.69, 9.17) is 0 Å². The molecule has 208 valence electrons. The van der Waals surface area contributed by atoms with Crippen molar-refractivity contribution >= 4 is 15.7 Å². The van der Waals surface area contributed by atoms with E-state index in [0.29, 0.717) is 12.8 Å². The van der Waals surface area contributed by atoms with Gasteiger partial charge in [0.25, 0.3) is 0 Å². The quantitative estimate of drug-likeness (QED) is 0.456. The lowest BCUT2D eigenvalue weighted by atomic mass is 9.80. The zero-order chi connectivity index (χ0) is 27.9. The molecule has 0 spiro atoms. The Morgan fingerprint density at radius 2 is 1.95 bits per heavy atom. The van der Waals surface area contributed by atoms with Crippen LogP contribution in [0.4, 0.5) is 23.2 Å². The molecular weight excluding hydrogens is 536 g/mol. The predicted molar refractivity (Wildman–Crippen MR) is 138 cm³/mol. The molecule has 1 unspecified atom stereocenters. The van der Waals surface area contributed by atoms with Crippen molar-refractivity contribution < 1.29 is 31.1 Å². The number of nitrogens with one attached hydrogen (secondary N) is 1. The van der Waals surface area contributed by atoms with Crippen molar-refractivity contribution in [3.05, 3.63) is 94.9 Å². The van der Waals surface area contributed by atoms with Gasteiger partial charge in [0.1, 0.15) is 11.9 Å². The number of hydrogen-bond acceptors (Lipinski definition) is 6. The van der Waals surface area contributed by atoms with Crippen LogP contribution in [0.2, 0.25) is 0 Å². The lowest BCUT2D eigenvalue weighted by Gasteiger charge is -2.32. The van der Waals surface area contributed by atoms with Gasteiger partial charge in [-0.3, -0.25) is 9.99 Å². The van der Waals surface area contributed by atoms with Crippen molar-refractivity contribution in [2.24, 2.45) is 11.8 Å². The first kappa shape index (κ1) is 27.4. The van der Waals surface area contributed by atoms with Gasteiger partial charge in [0.05, 0.1) is 17.1 Å². The topological polar surface area (TPSA) is 85.8 Å². The van der Waals surface area contributed by atoms with Gasteiger partial charge >= 0.3 is 6.18 Å². The maximum absolute atomic E-state index is 13.4. The van der Waals surface area contributed by atoms with Gasteiger partial charge in [-0.1, -0.05) is 18.6 Å². The normalized spacial score (nSPS) is 21.9. The third kappa shape index (κ3) is 5.73. The van der Waals surface area contributed by atoms with E-state index < -0.39 is 34.6 Å². The molecule has 0 saturated heterocycles. The van der Waals surface area contributed by atoms with Gasteiger partial charge in [-0.05, 0) is 66.8 Å². The average molecular weight is 565 g/mol. The Bertz CT molecular complexity index is 1420. The molecule has 12 heteroatoms. The van der Waals surface area contributed by atoms with Gasteiger partial charge in [-0.2, -0.15) is 17.5 Å². The summed E-state index contributed by atoms with van der Waals surface area (Å²) >= 11 is 0. The lowest BCUT2D eigenvalue weighted by molar-refractivity contribution is -0.107. The maximum atomic E-state index is 13.4. The molecule has 0 bridgehead atoms. The van der Waals surface area contributed by atoms with Crippen LogP contribution < -0.4 is 10.4 Å². The van der Waals surface area contributed by atoms with E-state index in [9.17, 15) is 31.1 Å². The van der Waals surface area contributed by atoms with Crippen LogP contribution >= 0.6 is 0 Å². The van der Waals surface area contributed by atoms with Crippen LogP contribution in [0, 0.1) is 17.7 Å². The fraction of sp³-hybridized carbons (Fsp3) is 0.370. The molecule has 2 aliphatic carbocycles. The summed E-state index contributed by atoms with van der Waals surface area (Å²) in [6, 6.07) is 10.8. The van der Waals surface area contributed by atoms with Gasteiger partial charge in [-0.25, -0.2) is 12.8 Å². The highest BCUT2D eigenvalue weighted by atomic mass is 32.2. The molecule has 2 N–H and O–H groups in total. The molecule has 3 atom stereocenters. The van der Waals surface area contributed by atoms with Crippen LogP contribution in [0.5, 0.6) is 0 Å². The number of fused-ring (bicyclic) bond motifs is 1. The van der Waals surface area contributed by atoms with E-state index in [1.807, 2.05) is 24.2 Å². The number of pyridine rings is 1. The highest BCUT2D eigenvalue weighted by molar-refractivity contribution is 7.89. The van der Waals surface area contributed by atoms with E-state index in [1.165, 1.54) is 24.4 Å². The number of aliphatic hydroxyl groups excluding tert-OH is 1. The zero-order valence-electron chi connectivity index (χ0n) is 21.1. The molecule has 0 radical (unpaired) electrons. The summed E-state index contributed by atoms with van der Waals surface area (Å²) in [5.74, 6) is -2.81. The first-order valence-electron chi connectivity index (χ1n) is 12.5. The maximum Gasteiger partial charge on any atom is 0.404 e. The third-order valence-corrected chi connectivity index (χ3v) is 9.13. The molecule has 1 aromatic carbocycles. The summed E-state index contributed by atoms with van der Waals surface area (Å²) < 4.78 is 79.8. The molecular formula is C27H28F4N4O3S. The first-order chi connectivity index (χ1) is 18.4. The zero-order valence-corrected chi connectivity index (χ0v) is 21.9. The second kappa shape index (κ2) is 10.4. The third-order valence-electron chi connectivity index (χ3n) is 7.36. The van der Waals surface area contributed by atoms with Crippen molar-refractivity contribution in [2.45, 2.75) is 32.0 Å². The van der Waals surface area contributed by atoms with Gasteiger partial charge < -0.3 is 10.5 Å². The molecule has 2 heterocycles. The number of nitrogens with zero attached hydrogens (tertiary/aromatic N) is 3. The SMILES string of the molecule is C[C@H]1C2=CNN(c3ccc(F)cc3)C2=CC2=C1[C@@H](CN(CC(O)c1ccccn1)S(=O)(=O)CC(F)(F)F)CC2. The number of rotatable bonds is 8. The molecule has 0 saturated carbocycles. The van der Waals surface area contributed by atoms with Crippen molar-refractivity contribution in [1.82, 2.24) is 14.7 Å². The Hall–Kier alpha value is -3.22. The van der Waals surface area contributed by atoms with E-state index in [1.54, 1.807) is 24.3 Å². The largest absolute Gasteiger partial charge is 0.404 e. The molecule has 5 rings (SSSR count). The van der Waals surface area contributed by atoms with Crippen LogP contribution in [0.3, 0.4) is 0 Å². The number of anilines is 1. The number of sulfonamides is 1. The molecule has 1 aliphatic heterocycles. The summed E-state index contributed by atoms with van der Waals surface area (Å²) in [5.41, 5.74) is 7.93. The summed E-state index contributed by atoms with van der Waals surface area (Å²) in [6.07, 6.45) is 0.150. The molecule has 0 fully saturated rings. The summed E-state index contributed by atoms with van der Waals surface area (Å²) in [4.78, 5) is 4.02. The number of alkyl halides is 3. The van der Waals surface area contributed by atoms with E-state index in [-0.39, 0.29) is 29.9 Å². The minimum absolute atomic E-state index is 0.127. The Labute approximate surface area is 224 Å². The second-order valence-corrected chi connectivity index (χ2v) is 11.9. The molecule has 2 aromatic rings. The minimum Gasteiger partial charge on any atom is -0.385 e. The summed E-state index contributed by atoms with van der Waals surface area (Å²) in [6.45, 7) is 1.27. The predicted octanol–water partition coefficient (Wildman–Crippen LogP) is 4.60. The Kier molecular flexibility index (Phi) is 7.29. The Morgan fingerprint density at radius 3 is 2.62 bits per heavy atom. The number of benzene rings is 1. The van der Waals surface area contributed by atoms with E-state index >= 15 is 0 Å². The second-order valence-electron chi connectivity index (χ2n) is 9.97. The van der Waals surface area contributed by atoms with Crippen LogP contribution in [-0.4, -0.2) is 47.8 Å². The fourth-order valence-corrected chi connectivity index (χ4v) is 6.98. The fourth-order valence-electron chi connectivity index (χ4n) is 5.61. The first-order valence-corrected chi connectivity index (χ1v) is 14.1. The van der Waals surface area contributed by atoms with E-state index in [2.05, 4.69) is 10.4 Å². The number of halogens is 4. The average Bonchev–Trinajstić information content (AvgIpc) is 3.48. The molecule has 3 aliphatic rings. The lowest BCUT2D eigenvalue weighted by Crippen LogP contribution is -2.43. The molecule has 1 aromatic heterocycles. The molecule has 0 amide bonds. The summed E-state index contributed by atoms with van der Waals surface area (Å²) in [7, 11) is -4.78. The van der Waals surface area contributed by atoms with Crippen molar-refractivity contribution in [3.8, 4) is 0 Å². The standard InChI is InChI=1S/C27H28F4N4O3S/c1-17-22-13-33-35(21-9-7-20(28)8-10-21)24(22)12-18-5-6-19(26(17)18)14-34(39(37,38)16-27(29,30)31)15-25(36)23-4-2-3-11-32-23/h2-4,7-13,17,19,25,33,36H,5-6,14-16H2,1H3/t17-,19+,25?/m0/s1. The highest BCUT2D eigenvalue weighted by Gasteiger charge is 2.43. The van der Waals surface area contributed by atoms with Gasteiger partial charge in [-0.15, -0.1) is 0 Å². The van der Waals surface area contributed by atoms with Crippen molar-refractivity contribution in [1.29, 1.82) is 0 Å². The molecule has 7 nitrogen and oxygen atoms in total. The van der Waals surface area contributed by atoms with Crippen LogP contribution in [0.25, 0.3) is 0 Å². The monoisotopic (exact) mass is 564 g/mol. The number of aromatic nitrogens is 1. The van der Waals surface area contributed by atoms with Crippen LogP contribution in [0.15, 0.2) is 83.4 Å². The van der Waals surface area contributed by atoms with Crippen LogP contribution in [-0.2, 0) is 10.0 Å². The van der Waals surface area contributed by atoms with Crippen molar-refractivity contribution in [2.75, 3.05) is 23.9 Å². The summed E-state index contributed by atoms with van der Waals surface area (Å²) in [5, 5.41) is 12.5. The van der Waals surface area contributed by atoms with E-state index in [0.717, 1.165) is 32.4 Å². The number of allylic oxidation sites excluding steroid dienone is 3. The smallest absolute Gasteiger partial charge is 0.385 e. The number of hydrogen-bond donors (Lipinski definition) is 2. The molecule has 39 heavy (non-hydrogen) atoms. The minimum atomic E-state index is -4.92. The number of aliphatic hydroxyl groups is 1. The highest BCUT2D eigenvalue weighted by Crippen LogP contribution is 2.48. The Balaban J connectivity index is 1.42. The number of hydrazine groups is 1.